The van der Waals surface area contributed by atoms with E-state index in [9.17, 15) is 9.59 Å². The topological polar surface area (TPSA) is 107 Å². The summed E-state index contributed by atoms with van der Waals surface area (Å²) >= 11 is 7.39. The third kappa shape index (κ3) is 5.54. The van der Waals surface area contributed by atoms with Gasteiger partial charge in [0.25, 0.3) is 5.91 Å². The van der Waals surface area contributed by atoms with E-state index in [4.69, 9.17) is 21.1 Å². The molecule has 2 heterocycles. The highest BCUT2D eigenvalue weighted by Crippen LogP contribution is 2.33. The second-order valence-corrected chi connectivity index (χ2v) is 9.76. The first kappa shape index (κ1) is 24.9. The zero-order valence-electron chi connectivity index (χ0n) is 19.8. The summed E-state index contributed by atoms with van der Waals surface area (Å²) in [5, 5.41) is 15.6. The van der Waals surface area contributed by atoms with Crippen LogP contribution in [0, 0.1) is 12.8 Å². The summed E-state index contributed by atoms with van der Waals surface area (Å²) in [6, 6.07) is 10.1. The molecule has 0 saturated carbocycles. The number of rotatable bonds is 8. The molecule has 0 radical (unpaired) electrons. The molecule has 0 aliphatic carbocycles. The smallest absolute Gasteiger partial charge is 0.252 e. The minimum Gasteiger partial charge on any atom is -0.454 e. The Kier molecular flexibility index (Phi) is 7.51. The Morgan fingerprint density at radius 1 is 1.17 bits per heavy atom. The number of hydrogen-bond donors (Lipinski definition) is 2. The Labute approximate surface area is 212 Å². The average Bonchev–Trinajstić information content (AvgIpc) is 3.44. The lowest BCUT2D eigenvalue weighted by Crippen LogP contribution is -2.33. The Morgan fingerprint density at radius 3 is 2.71 bits per heavy atom. The van der Waals surface area contributed by atoms with Crippen molar-refractivity contribution in [2.45, 2.75) is 32.0 Å². The van der Waals surface area contributed by atoms with Gasteiger partial charge >= 0.3 is 0 Å². The van der Waals surface area contributed by atoms with Gasteiger partial charge in [0.15, 0.2) is 22.5 Å². The van der Waals surface area contributed by atoms with E-state index in [1.54, 1.807) is 41.0 Å². The van der Waals surface area contributed by atoms with E-state index in [0.29, 0.717) is 38.8 Å². The number of thioether (sulfide) groups is 1. The monoisotopic (exact) mass is 515 g/mol. The van der Waals surface area contributed by atoms with Crippen LogP contribution in [0.3, 0.4) is 0 Å². The number of carbonyl (C=O) groups excluding carboxylic acids is 2. The zero-order chi connectivity index (χ0) is 25.1. The zero-order valence-corrected chi connectivity index (χ0v) is 21.4. The minimum absolute atomic E-state index is 0.0443. The lowest BCUT2D eigenvalue weighted by atomic mass is 10.0. The highest BCUT2D eigenvalue weighted by molar-refractivity contribution is 7.99. The molecular weight excluding hydrogens is 490 g/mol. The molecule has 1 aromatic heterocycles. The summed E-state index contributed by atoms with van der Waals surface area (Å²) in [7, 11) is 1.82. The van der Waals surface area contributed by atoms with Gasteiger partial charge in [-0.15, -0.1) is 10.2 Å². The van der Waals surface area contributed by atoms with E-state index in [2.05, 4.69) is 20.8 Å². The third-order valence-corrected chi connectivity index (χ3v) is 7.04. The van der Waals surface area contributed by atoms with Gasteiger partial charge in [0.1, 0.15) is 0 Å². The van der Waals surface area contributed by atoms with Gasteiger partial charge in [-0.05, 0) is 48.7 Å². The number of nitrogens with one attached hydrogen (secondary N) is 2. The third-order valence-electron chi connectivity index (χ3n) is 5.61. The van der Waals surface area contributed by atoms with Crippen LogP contribution in [0.2, 0.25) is 5.02 Å². The number of fused-ring (bicyclic) bond motifs is 1. The van der Waals surface area contributed by atoms with Crippen molar-refractivity contribution in [3.63, 3.8) is 0 Å². The Balaban J connectivity index is 1.42. The van der Waals surface area contributed by atoms with Crippen molar-refractivity contribution in [1.82, 2.24) is 20.1 Å². The van der Waals surface area contributed by atoms with Crippen molar-refractivity contribution in [2.24, 2.45) is 13.0 Å². The summed E-state index contributed by atoms with van der Waals surface area (Å²) < 4.78 is 12.5. The Hall–Kier alpha value is -3.24. The summed E-state index contributed by atoms with van der Waals surface area (Å²) in [5.74, 6) is 1.52. The van der Waals surface area contributed by atoms with Crippen molar-refractivity contribution in [2.75, 3.05) is 17.9 Å². The molecule has 9 nitrogen and oxygen atoms in total. The average molecular weight is 516 g/mol. The van der Waals surface area contributed by atoms with E-state index in [1.807, 2.05) is 27.8 Å². The molecule has 1 aliphatic rings. The summed E-state index contributed by atoms with van der Waals surface area (Å²) in [6.45, 7) is 5.98. The minimum atomic E-state index is -0.386. The first-order chi connectivity index (χ1) is 16.7. The number of anilines is 1. The molecule has 35 heavy (non-hydrogen) atoms. The Bertz CT molecular complexity index is 1260. The molecule has 0 fully saturated rings. The van der Waals surface area contributed by atoms with Crippen molar-refractivity contribution < 1.29 is 19.1 Å². The van der Waals surface area contributed by atoms with Crippen LogP contribution in [0.1, 0.15) is 41.6 Å². The predicted octanol–water partition coefficient (Wildman–Crippen LogP) is 4.36. The highest BCUT2D eigenvalue weighted by atomic mass is 35.5. The second-order valence-electron chi connectivity index (χ2n) is 8.41. The van der Waals surface area contributed by atoms with E-state index >= 15 is 0 Å². The van der Waals surface area contributed by atoms with Gasteiger partial charge in [0, 0.05) is 23.3 Å². The molecule has 2 aromatic carbocycles. The fourth-order valence-corrected chi connectivity index (χ4v) is 4.47. The number of ether oxygens (including phenoxy) is 2. The second kappa shape index (κ2) is 10.6. The predicted molar refractivity (Wildman–Crippen MR) is 134 cm³/mol. The van der Waals surface area contributed by atoms with Gasteiger partial charge < -0.3 is 24.7 Å². The van der Waals surface area contributed by atoms with Gasteiger partial charge in [0.2, 0.25) is 12.7 Å². The molecule has 3 aromatic rings. The number of carbonyl (C=O) groups is 2. The number of hydrogen-bond acceptors (Lipinski definition) is 7. The van der Waals surface area contributed by atoms with Crippen molar-refractivity contribution in [3.8, 4) is 11.5 Å². The van der Waals surface area contributed by atoms with Crippen molar-refractivity contribution >= 4 is 40.9 Å². The van der Waals surface area contributed by atoms with Gasteiger partial charge in [-0.3, -0.25) is 9.59 Å². The van der Waals surface area contributed by atoms with Crippen LogP contribution in [0.15, 0.2) is 41.6 Å². The number of amides is 2. The molecule has 0 spiro atoms. The fraction of sp³-hybridized carbons (Fsp3) is 0.333. The van der Waals surface area contributed by atoms with E-state index in [1.165, 1.54) is 11.8 Å². The number of halogens is 1. The molecule has 1 unspecified atom stereocenters. The number of benzene rings is 2. The van der Waals surface area contributed by atoms with E-state index < -0.39 is 0 Å². The maximum atomic E-state index is 13.0. The largest absolute Gasteiger partial charge is 0.454 e. The van der Waals surface area contributed by atoms with Gasteiger partial charge in [-0.25, -0.2) is 0 Å². The fourth-order valence-electron chi connectivity index (χ4n) is 3.57. The SMILES string of the molecule is Cc1c(Cl)cccc1NC(=O)CSc1nnc(C(NC(=O)c2ccc3c(c2)OCO3)C(C)C)n1C. The summed E-state index contributed by atoms with van der Waals surface area (Å²) in [6.07, 6.45) is 0. The number of nitrogens with zero attached hydrogens (tertiary/aromatic N) is 3. The molecule has 2 N–H and O–H groups in total. The van der Waals surface area contributed by atoms with Crippen LogP contribution >= 0.6 is 23.4 Å². The van der Waals surface area contributed by atoms with Crippen molar-refractivity contribution in [3.05, 3.63) is 58.4 Å². The quantitative estimate of drug-likeness (QED) is 0.429. The van der Waals surface area contributed by atoms with Crippen molar-refractivity contribution in [1.29, 1.82) is 0 Å². The molecule has 0 bridgehead atoms. The molecule has 2 amide bonds. The molecule has 184 valence electrons. The molecular formula is C24H26ClN5O4S. The van der Waals surface area contributed by atoms with Crippen LogP contribution < -0.4 is 20.1 Å². The van der Waals surface area contributed by atoms with Gasteiger partial charge in [0.05, 0.1) is 11.8 Å². The van der Waals surface area contributed by atoms with E-state index in [-0.39, 0.29) is 36.3 Å². The molecule has 0 saturated heterocycles. The van der Waals surface area contributed by atoms with Crippen LogP contribution in [0.5, 0.6) is 11.5 Å². The summed E-state index contributed by atoms with van der Waals surface area (Å²) in [5.41, 5.74) is 1.95. The summed E-state index contributed by atoms with van der Waals surface area (Å²) in [4.78, 5) is 25.4. The molecule has 4 rings (SSSR count). The lowest BCUT2D eigenvalue weighted by molar-refractivity contribution is -0.113. The normalized spacial score (nSPS) is 13.1. The van der Waals surface area contributed by atoms with E-state index in [0.717, 1.165) is 5.56 Å². The van der Waals surface area contributed by atoms with Gasteiger partial charge in [-0.2, -0.15) is 0 Å². The molecule has 1 aliphatic heterocycles. The van der Waals surface area contributed by atoms with Crippen LogP contribution in [0.4, 0.5) is 5.69 Å². The van der Waals surface area contributed by atoms with Crippen LogP contribution in [-0.2, 0) is 11.8 Å². The van der Waals surface area contributed by atoms with Crippen LogP contribution in [-0.4, -0.2) is 39.1 Å². The maximum Gasteiger partial charge on any atom is 0.252 e. The standard InChI is InChI=1S/C24H26ClN5O4S/c1-13(2)21(27-23(32)15-8-9-18-19(10-15)34-12-33-18)22-28-29-24(30(22)4)35-11-20(31)26-17-7-5-6-16(25)14(17)3/h5-10,13,21H,11-12H2,1-4H3,(H,26,31)(H,27,32). The maximum absolute atomic E-state index is 13.0. The number of aromatic nitrogens is 3. The Morgan fingerprint density at radius 2 is 1.94 bits per heavy atom. The molecule has 1 atom stereocenters. The lowest BCUT2D eigenvalue weighted by Gasteiger charge is -2.21. The first-order valence-electron chi connectivity index (χ1n) is 11.0. The molecule has 11 heteroatoms. The van der Waals surface area contributed by atoms with Gasteiger partial charge in [-0.1, -0.05) is 43.3 Å². The first-order valence-corrected chi connectivity index (χ1v) is 12.4. The highest BCUT2D eigenvalue weighted by Gasteiger charge is 2.26. The van der Waals surface area contributed by atoms with Crippen LogP contribution in [0.25, 0.3) is 0 Å².